The topological polar surface area (TPSA) is 78.4 Å². The van der Waals surface area contributed by atoms with Crippen molar-refractivity contribution in [2.24, 2.45) is 0 Å². The quantitative estimate of drug-likeness (QED) is 0.393. The molecule has 0 aliphatic heterocycles. The number of rotatable bonds is 6. The summed E-state index contributed by atoms with van der Waals surface area (Å²) in [7, 11) is 3.21. The Kier molecular flexibility index (Phi) is 5.67. The predicted octanol–water partition coefficient (Wildman–Crippen LogP) is 5.65. The van der Waals surface area contributed by atoms with Crippen LogP contribution < -0.4 is 19.5 Å². The summed E-state index contributed by atoms with van der Waals surface area (Å²) < 4.78 is 17.5. The molecule has 2 aromatic carbocycles. The molecule has 0 saturated carbocycles. The number of nitrogens with zero attached hydrogens (tertiary/aromatic N) is 3. The fourth-order valence-corrected chi connectivity index (χ4v) is 3.37. The van der Waals surface area contributed by atoms with Crippen molar-refractivity contribution < 1.29 is 14.2 Å². The van der Waals surface area contributed by atoms with Gasteiger partial charge in [0.1, 0.15) is 5.52 Å². The maximum Gasteiger partial charge on any atom is 0.238 e. The van der Waals surface area contributed by atoms with Crippen LogP contribution in [0.25, 0.3) is 10.9 Å². The zero-order valence-electron chi connectivity index (χ0n) is 16.6. The van der Waals surface area contributed by atoms with E-state index in [1.54, 1.807) is 26.6 Å². The normalized spacial score (nSPS) is 10.7. The minimum absolute atomic E-state index is 0.378. The van der Waals surface area contributed by atoms with E-state index in [1.165, 1.54) is 0 Å². The molecular formula is C22H19BrN4O3. The smallest absolute Gasteiger partial charge is 0.238 e. The van der Waals surface area contributed by atoms with Gasteiger partial charge in [-0.1, -0.05) is 18.2 Å². The molecule has 0 amide bonds. The third kappa shape index (κ3) is 3.99. The number of para-hydroxylation sites is 1. The molecule has 152 valence electrons. The van der Waals surface area contributed by atoms with E-state index in [1.807, 2.05) is 49.4 Å². The summed E-state index contributed by atoms with van der Waals surface area (Å²) in [5.41, 5.74) is 2.45. The third-order valence-corrected chi connectivity index (χ3v) is 4.98. The van der Waals surface area contributed by atoms with Gasteiger partial charge in [-0.2, -0.15) is 4.98 Å². The molecule has 0 bridgehead atoms. The average molecular weight is 467 g/mol. The van der Waals surface area contributed by atoms with Crippen molar-refractivity contribution in [1.29, 1.82) is 0 Å². The number of pyridine rings is 1. The zero-order chi connectivity index (χ0) is 21.1. The number of methoxy groups -OCH3 is 2. The molecule has 0 radical (unpaired) electrons. The Labute approximate surface area is 182 Å². The lowest BCUT2D eigenvalue weighted by molar-refractivity contribution is 0.353. The second kappa shape index (κ2) is 8.54. The fraction of sp³-hybridized carbons (Fsp3) is 0.136. The second-order valence-electron chi connectivity index (χ2n) is 6.43. The van der Waals surface area contributed by atoms with Crippen LogP contribution in [0.15, 0.2) is 59.3 Å². The minimum atomic E-state index is 0.378. The lowest BCUT2D eigenvalue weighted by Crippen LogP contribution is -2.01. The number of halogens is 1. The second-order valence-corrected chi connectivity index (χ2v) is 7.29. The highest BCUT2D eigenvalue weighted by atomic mass is 79.9. The molecular weight excluding hydrogens is 448 g/mol. The summed E-state index contributed by atoms with van der Waals surface area (Å²) in [6, 6.07) is 13.4. The molecule has 4 aromatic rings. The van der Waals surface area contributed by atoms with Crippen LogP contribution in [0.1, 0.15) is 5.56 Å². The largest absolute Gasteiger partial charge is 0.493 e. The van der Waals surface area contributed by atoms with Crippen LogP contribution in [0.5, 0.6) is 23.1 Å². The molecule has 0 spiro atoms. The van der Waals surface area contributed by atoms with Crippen LogP contribution in [-0.4, -0.2) is 29.2 Å². The van der Waals surface area contributed by atoms with Crippen LogP contribution >= 0.6 is 15.9 Å². The van der Waals surface area contributed by atoms with E-state index in [4.69, 9.17) is 14.2 Å². The van der Waals surface area contributed by atoms with Crippen molar-refractivity contribution in [2.45, 2.75) is 6.92 Å². The number of benzene rings is 2. The monoisotopic (exact) mass is 466 g/mol. The van der Waals surface area contributed by atoms with Gasteiger partial charge in [0.25, 0.3) is 0 Å². The highest BCUT2D eigenvalue weighted by molar-refractivity contribution is 9.10. The number of fused-ring (bicyclic) bond motifs is 1. The number of aromatic nitrogens is 3. The Bertz CT molecular complexity index is 1210. The van der Waals surface area contributed by atoms with Gasteiger partial charge in [-0.25, -0.2) is 4.98 Å². The van der Waals surface area contributed by atoms with Gasteiger partial charge in [-0.05, 0) is 46.6 Å². The summed E-state index contributed by atoms with van der Waals surface area (Å²) in [6.07, 6.45) is 3.37. The zero-order valence-corrected chi connectivity index (χ0v) is 18.2. The molecule has 7 nitrogen and oxygen atoms in total. The van der Waals surface area contributed by atoms with E-state index in [0.717, 1.165) is 22.2 Å². The van der Waals surface area contributed by atoms with E-state index in [2.05, 4.69) is 36.2 Å². The average Bonchev–Trinajstić information content (AvgIpc) is 2.76. The molecule has 8 heteroatoms. The van der Waals surface area contributed by atoms with Crippen molar-refractivity contribution in [1.82, 2.24) is 15.0 Å². The summed E-state index contributed by atoms with van der Waals surface area (Å²) in [4.78, 5) is 13.3. The van der Waals surface area contributed by atoms with Crippen molar-refractivity contribution in [3.8, 4) is 23.1 Å². The van der Waals surface area contributed by atoms with Crippen LogP contribution in [0.2, 0.25) is 0 Å². The Morgan fingerprint density at radius 3 is 2.60 bits per heavy atom. The molecule has 2 aromatic heterocycles. The first kappa shape index (κ1) is 19.9. The molecule has 30 heavy (non-hydrogen) atoms. The number of aryl methyl sites for hydroxylation is 1. The molecule has 0 unspecified atom stereocenters. The van der Waals surface area contributed by atoms with Gasteiger partial charge in [-0.15, -0.1) is 0 Å². The van der Waals surface area contributed by atoms with Gasteiger partial charge in [0.2, 0.25) is 11.8 Å². The molecule has 0 aliphatic carbocycles. The van der Waals surface area contributed by atoms with E-state index in [9.17, 15) is 0 Å². The molecule has 0 atom stereocenters. The summed E-state index contributed by atoms with van der Waals surface area (Å²) in [5.74, 6) is 2.68. The van der Waals surface area contributed by atoms with E-state index < -0.39 is 0 Å². The van der Waals surface area contributed by atoms with Gasteiger partial charge < -0.3 is 19.5 Å². The summed E-state index contributed by atoms with van der Waals surface area (Å²) in [5, 5.41) is 4.17. The number of nitrogens with one attached hydrogen (secondary N) is 1. The fourth-order valence-electron chi connectivity index (χ4n) is 3.10. The Hall–Kier alpha value is -3.39. The van der Waals surface area contributed by atoms with Crippen molar-refractivity contribution in [3.05, 3.63) is 64.9 Å². The number of hydrogen-bond acceptors (Lipinski definition) is 7. The molecule has 1 N–H and O–H groups in total. The number of anilines is 2. The molecule has 0 aliphatic rings. The minimum Gasteiger partial charge on any atom is -0.493 e. The number of hydrogen-bond donors (Lipinski definition) is 1. The van der Waals surface area contributed by atoms with Gasteiger partial charge in [0.05, 0.1) is 24.9 Å². The van der Waals surface area contributed by atoms with Gasteiger partial charge >= 0.3 is 0 Å². The lowest BCUT2D eigenvalue weighted by atomic mass is 10.2. The SMILES string of the molecule is COc1cc(Nc2ncc(Br)c(Oc3cccc4cccnc34)n2)cc(C)c1OC. The summed E-state index contributed by atoms with van der Waals surface area (Å²) in [6.45, 7) is 1.94. The Balaban J connectivity index is 1.65. The first-order valence-corrected chi connectivity index (χ1v) is 9.92. The highest BCUT2D eigenvalue weighted by Crippen LogP contribution is 2.36. The van der Waals surface area contributed by atoms with Gasteiger partial charge in [-0.3, -0.25) is 4.98 Å². The first-order valence-electron chi connectivity index (χ1n) is 9.13. The van der Waals surface area contributed by atoms with E-state index in [0.29, 0.717) is 33.5 Å². The van der Waals surface area contributed by atoms with Crippen molar-refractivity contribution in [3.63, 3.8) is 0 Å². The van der Waals surface area contributed by atoms with Gasteiger partial charge in [0, 0.05) is 23.3 Å². The molecule has 2 heterocycles. The van der Waals surface area contributed by atoms with Crippen LogP contribution in [0.3, 0.4) is 0 Å². The third-order valence-electron chi connectivity index (χ3n) is 4.43. The van der Waals surface area contributed by atoms with Crippen LogP contribution in [0.4, 0.5) is 11.6 Å². The van der Waals surface area contributed by atoms with Crippen LogP contribution in [-0.2, 0) is 0 Å². The standard InChI is InChI=1S/C22H19BrN4O3/c1-13-10-15(11-18(28-2)20(13)29-3)26-22-25-12-16(23)21(27-22)30-17-8-4-6-14-7-5-9-24-19(14)17/h4-12H,1-3H3,(H,25,26,27). The van der Waals surface area contributed by atoms with Crippen LogP contribution in [0, 0.1) is 6.92 Å². The molecule has 0 fully saturated rings. The number of ether oxygens (including phenoxy) is 3. The molecule has 4 rings (SSSR count). The van der Waals surface area contributed by atoms with E-state index >= 15 is 0 Å². The maximum atomic E-state index is 6.06. The Morgan fingerprint density at radius 2 is 1.80 bits per heavy atom. The Morgan fingerprint density at radius 1 is 0.967 bits per heavy atom. The molecule has 0 saturated heterocycles. The first-order chi connectivity index (χ1) is 14.6. The van der Waals surface area contributed by atoms with Gasteiger partial charge in [0.15, 0.2) is 17.2 Å². The van der Waals surface area contributed by atoms with Crippen molar-refractivity contribution in [2.75, 3.05) is 19.5 Å². The summed E-state index contributed by atoms with van der Waals surface area (Å²) >= 11 is 3.46. The van der Waals surface area contributed by atoms with E-state index in [-0.39, 0.29) is 0 Å². The predicted molar refractivity (Wildman–Crippen MR) is 119 cm³/mol. The highest BCUT2D eigenvalue weighted by Gasteiger charge is 2.13. The van der Waals surface area contributed by atoms with Crippen molar-refractivity contribution >= 4 is 38.5 Å². The lowest BCUT2D eigenvalue weighted by Gasteiger charge is -2.14. The maximum absolute atomic E-state index is 6.06.